The van der Waals surface area contributed by atoms with Crippen LogP contribution in [0, 0.1) is 11.3 Å². The zero-order chi connectivity index (χ0) is 41.9. The lowest BCUT2D eigenvalue weighted by Crippen LogP contribution is -2.60. The zero-order valence-electron chi connectivity index (χ0n) is 33.3. The van der Waals surface area contributed by atoms with Gasteiger partial charge in [-0.3, -0.25) is 19.1 Å². The van der Waals surface area contributed by atoms with E-state index in [-0.39, 0.29) is 19.4 Å². The number of nitrogens with one attached hydrogen (secondary N) is 3. The molecule has 3 heterocycles. The Morgan fingerprint density at radius 1 is 1.05 bits per heavy atom. The summed E-state index contributed by atoms with van der Waals surface area (Å²) in [4.78, 5) is 62.4. The molecule has 308 valence electrons. The molecule has 4 amide bonds. The van der Waals surface area contributed by atoms with Gasteiger partial charge in [-0.2, -0.15) is 0 Å². The fourth-order valence-corrected chi connectivity index (χ4v) is 10.2. The van der Waals surface area contributed by atoms with Crippen LogP contribution in [-0.2, 0) is 29.1 Å². The first-order valence-electron chi connectivity index (χ1n) is 19.3. The van der Waals surface area contributed by atoms with Crippen molar-refractivity contribution < 1.29 is 37.1 Å². The van der Waals surface area contributed by atoms with Crippen LogP contribution in [0.5, 0.6) is 5.75 Å². The molecule has 16 heteroatoms. The van der Waals surface area contributed by atoms with Crippen molar-refractivity contribution in [2.45, 2.75) is 102 Å². The van der Waals surface area contributed by atoms with Crippen molar-refractivity contribution in [1.29, 1.82) is 0 Å². The number of amides is 4. The smallest absolute Gasteiger partial charge is 0.408 e. The third kappa shape index (κ3) is 8.39. The van der Waals surface area contributed by atoms with Crippen LogP contribution >= 0.6 is 22.9 Å². The van der Waals surface area contributed by atoms with Gasteiger partial charge in [0.2, 0.25) is 21.8 Å². The van der Waals surface area contributed by atoms with Gasteiger partial charge in [0.15, 0.2) is 0 Å². The topological polar surface area (TPSA) is 173 Å². The number of hydrogen-bond acceptors (Lipinski definition) is 10. The number of ether oxygens (including phenoxy) is 2. The third-order valence-corrected chi connectivity index (χ3v) is 13.9. The molecule has 4 aromatic rings. The van der Waals surface area contributed by atoms with Crippen molar-refractivity contribution in [2.75, 3.05) is 6.54 Å². The minimum atomic E-state index is -3.92. The van der Waals surface area contributed by atoms with Crippen LogP contribution in [0.2, 0.25) is 5.02 Å². The second-order valence-electron chi connectivity index (χ2n) is 17.4. The monoisotopic (exact) mass is 849 g/mol. The zero-order valence-corrected chi connectivity index (χ0v) is 35.6. The minimum Gasteiger partial charge on any atom is -0.487 e. The quantitative estimate of drug-likeness (QED) is 0.138. The molecule has 58 heavy (non-hydrogen) atoms. The number of nitrogens with zero attached hydrogens (tertiary/aromatic N) is 2. The van der Waals surface area contributed by atoms with E-state index in [2.05, 4.69) is 21.9 Å². The summed E-state index contributed by atoms with van der Waals surface area (Å²) >= 11 is 8.19. The lowest BCUT2D eigenvalue weighted by atomic mass is 9.85. The van der Waals surface area contributed by atoms with E-state index in [1.165, 1.54) is 22.3 Å². The number of carbonyl (C=O) groups is 4. The number of benzene rings is 2. The normalized spacial score (nSPS) is 22.6. The molecule has 1 saturated heterocycles. The molecule has 2 aromatic heterocycles. The predicted octanol–water partition coefficient (Wildman–Crippen LogP) is 6.73. The first kappa shape index (κ1) is 41.4. The van der Waals surface area contributed by atoms with Gasteiger partial charge in [-0.05, 0) is 57.6 Å². The van der Waals surface area contributed by atoms with Crippen LogP contribution in [-0.4, -0.2) is 83.2 Å². The Hall–Kier alpha value is -4.73. The SMILES string of the molecule is C=C[C@@H]1C[C@]1(NC(=O)[C@@H]1C[C@@H](Oc2cc(-c3ccccc3)nc3c2sc2cccc(Cl)c23)CN1C(=O)[C@@H](NC(=O)OC(C)(C)C)C(C)(C)C)C(=O)NS(=O)(=O)C1CC1. The molecule has 2 saturated carbocycles. The molecule has 0 bridgehead atoms. The number of carbonyl (C=O) groups excluding carboxylic acids is 4. The molecule has 7 rings (SSSR count). The molecule has 3 N–H and O–H groups in total. The molecule has 3 aliphatic rings. The fraction of sp³-hybridized carbons (Fsp3) is 0.452. The Balaban J connectivity index is 1.25. The van der Waals surface area contributed by atoms with E-state index in [4.69, 9.17) is 26.1 Å². The molecule has 3 fully saturated rings. The molecular weight excluding hydrogens is 802 g/mol. The number of likely N-dealkylation sites (tertiary alicyclic amines) is 1. The number of thiophene rings is 1. The molecule has 2 aromatic carbocycles. The largest absolute Gasteiger partial charge is 0.487 e. The van der Waals surface area contributed by atoms with E-state index in [9.17, 15) is 27.6 Å². The Morgan fingerprint density at radius 2 is 1.76 bits per heavy atom. The number of aromatic nitrogens is 1. The first-order chi connectivity index (χ1) is 27.2. The van der Waals surface area contributed by atoms with Gasteiger partial charge in [-0.25, -0.2) is 18.2 Å². The van der Waals surface area contributed by atoms with Gasteiger partial charge in [0, 0.05) is 34.1 Å². The highest BCUT2D eigenvalue weighted by molar-refractivity contribution is 7.91. The lowest BCUT2D eigenvalue weighted by Gasteiger charge is -2.36. The summed E-state index contributed by atoms with van der Waals surface area (Å²) in [5.41, 5.74) is -1.13. The van der Waals surface area contributed by atoms with Crippen molar-refractivity contribution in [3.8, 4) is 17.0 Å². The summed E-state index contributed by atoms with van der Waals surface area (Å²) in [7, 11) is -3.92. The van der Waals surface area contributed by atoms with E-state index in [1.54, 1.807) is 47.6 Å². The summed E-state index contributed by atoms with van der Waals surface area (Å²) in [6.07, 6.45) is 0.994. The van der Waals surface area contributed by atoms with Gasteiger partial charge in [-0.15, -0.1) is 17.9 Å². The molecule has 2 aliphatic carbocycles. The summed E-state index contributed by atoms with van der Waals surface area (Å²) in [5, 5.41) is 6.22. The van der Waals surface area contributed by atoms with Gasteiger partial charge >= 0.3 is 6.09 Å². The summed E-state index contributed by atoms with van der Waals surface area (Å²) in [6.45, 7) is 14.2. The van der Waals surface area contributed by atoms with E-state index >= 15 is 0 Å². The van der Waals surface area contributed by atoms with Crippen LogP contribution in [0.4, 0.5) is 4.79 Å². The summed E-state index contributed by atoms with van der Waals surface area (Å²) < 4.78 is 41.7. The maximum absolute atomic E-state index is 14.7. The number of pyridine rings is 1. The number of rotatable bonds is 11. The lowest BCUT2D eigenvalue weighted by molar-refractivity contribution is -0.143. The summed E-state index contributed by atoms with van der Waals surface area (Å²) in [6, 6.07) is 14.7. The van der Waals surface area contributed by atoms with Crippen LogP contribution in [0.1, 0.15) is 67.2 Å². The number of sulfonamides is 1. The molecular formula is C42H48ClN5O8S2. The predicted molar refractivity (Wildman–Crippen MR) is 224 cm³/mol. The Morgan fingerprint density at radius 3 is 2.38 bits per heavy atom. The molecule has 0 radical (unpaired) electrons. The van der Waals surface area contributed by atoms with Crippen LogP contribution < -0.4 is 20.1 Å². The van der Waals surface area contributed by atoms with Gasteiger partial charge in [0.1, 0.15) is 35.1 Å². The number of halogens is 1. The van der Waals surface area contributed by atoms with Crippen molar-refractivity contribution in [3.05, 3.63) is 72.3 Å². The van der Waals surface area contributed by atoms with Gasteiger partial charge in [0.25, 0.3) is 5.91 Å². The highest BCUT2D eigenvalue weighted by Gasteiger charge is 2.62. The molecule has 0 spiro atoms. The third-order valence-electron chi connectivity index (χ3n) is 10.6. The molecule has 13 nitrogen and oxygen atoms in total. The second-order valence-corrected chi connectivity index (χ2v) is 20.8. The standard InChI is InChI=1S/C42H48ClN5O8S2/c1-8-24-21-42(24,38(51)47-58(53,54)26-17-18-26)46-36(49)29-19-25(22-48(29)37(50)35(40(2,3)4)45-39(52)56-41(5,6)7)55-30-20-28(23-13-10-9-11-14-23)44-33-32-27(43)15-12-16-31(32)57-34(30)33/h8-16,20,24-26,29,35H,1,17-19,21-22H2,2-7H3,(H,45,52)(H,46,49)(H,47,51)/t24-,25-,29+,35-,42-/m1/s1. The van der Waals surface area contributed by atoms with Crippen LogP contribution in [0.25, 0.3) is 31.6 Å². The van der Waals surface area contributed by atoms with E-state index in [0.717, 1.165) is 20.3 Å². The van der Waals surface area contributed by atoms with Crippen molar-refractivity contribution in [1.82, 2.24) is 25.2 Å². The first-order valence-corrected chi connectivity index (χ1v) is 22.0. The Labute approximate surface area is 346 Å². The highest BCUT2D eigenvalue weighted by atomic mass is 35.5. The van der Waals surface area contributed by atoms with Crippen molar-refractivity contribution in [2.24, 2.45) is 11.3 Å². The number of hydrogen-bond donors (Lipinski definition) is 3. The van der Waals surface area contributed by atoms with Gasteiger partial charge in [-0.1, -0.05) is 74.8 Å². The van der Waals surface area contributed by atoms with E-state index in [0.29, 0.717) is 34.8 Å². The average molecular weight is 850 g/mol. The maximum atomic E-state index is 14.7. The molecule has 1 aliphatic heterocycles. The van der Waals surface area contributed by atoms with Crippen LogP contribution in [0.3, 0.4) is 0 Å². The van der Waals surface area contributed by atoms with Crippen molar-refractivity contribution >= 4 is 77.1 Å². The Kier molecular flexibility index (Phi) is 10.8. The minimum absolute atomic E-state index is 0.00778. The van der Waals surface area contributed by atoms with E-state index in [1.807, 2.05) is 48.5 Å². The number of fused-ring (bicyclic) bond motifs is 3. The molecule has 5 atom stereocenters. The second kappa shape index (κ2) is 15.1. The highest BCUT2D eigenvalue weighted by Crippen LogP contribution is 2.46. The molecule has 0 unspecified atom stereocenters. The van der Waals surface area contributed by atoms with E-state index < -0.39 is 79.7 Å². The van der Waals surface area contributed by atoms with Gasteiger partial charge < -0.3 is 25.0 Å². The average Bonchev–Trinajstić information content (AvgIpc) is 4.04. The van der Waals surface area contributed by atoms with Crippen LogP contribution in [0.15, 0.2) is 67.3 Å². The van der Waals surface area contributed by atoms with Crippen molar-refractivity contribution in [3.63, 3.8) is 0 Å². The summed E-state index contributed by atoms with van der Waals surface area (Å²) in [5.74, 6) is -2.15. The number of alkyl carbamates (subject to hydrolysis) is 1. The van der Waals surface area contributed by atoms with Gasteiger partial charge in [0.05, 0.1) is 32.7 Å². The Bertz CT molecular complexity index is 2420. The fourth-order valence-electron chi connectivity index (χ4n) is 7.37. The maximum Gasteiger partial charge on any atom is 0.408 e.